The van der Waals surface area contributed by atoms with Gasteiger partial charge >= 0.3 is 0 Å². The standard InChI is InChI=1S/C31H31N3O4/c1-34(2)19-20-4-6-21(7-5-20)28-16-26-30(37-28)25(10-13-33-26)22-8-9-27(23(14-22)18-32)36-24-15-29(35-3)38-31(17-24)11-12-31/h4-10,13-14,16,24,29H,11-12,15,17,19H2,1-3H3. The molecule has 1 saturated carbocycles. The molecule has 38 heavy (non-hydrogen) atoms. The highest BCUT2D eigenvalue weighted by molar-refractivity contribution is 5.92. The van der Waals surface area contributed by atoms with Crippen LogP contribution in [0.15, 0.2) is 65.2 Å². The van der Waals surface area contributed by atoms with E-state index in [-0.39, 0.29) is 18.0 Å². The predicted molar refractivity (Wildman–Crippen MR) is 144 cm³/mol. The van der Waals surface area contributed by atoms with Crippen LogP contribution in [0.1, 0.15) is 36.8 Å². The number of hydrogen-bond donors (Lipinski definition) is 0. The van der Waals surface area contributed by atoms with E-state index < -0.39 is 0 Å². The van der Waals surface area contributed by atoms with Gasteiger partial charge in [0.25, 0.3) is 0 Å². The molecular formula is C31H31N3O4. The number of nitrogens with zero attached hydrogens (tertiary/aromatic N) is 3. The van der Waals surface area contributed by atoms with Crippen molar-refractivity contribution in [3.8, 4) is 34.3 Å². The fourth-order valence-corrected chi connectivity index (χ4v) is 5.30. The van der Waals surface area contributed by atoms with Crippen LogP contribution in [0.2, 0.25) is 0 Å². The van der Waals surface area contributed by atoms with Gasteiger partial charge < -0.3 is 23.5 Å². The lowest BCUT2D eigenvalue weighted by atomic mass is 10.0. The Bertz CT molecular complexity index is 1500. The molecule has 7 nitrogen and oxygen atoms in total. The third kappa shape index (κ3) is 4.91. The topological polar surface area (TPSA) is 80.8 Å². The zero-order chi connectivity index (χ0) is 26.3. The normalized spacial score (nSPS) is 20.1. The van der Waals surface area contributed by atoms with Crippen molar-refractivity contribution in [2.45, 2.75) is 50.2 Å². The molecule has 6 rings (SSSR count). The summed E-state index contributed by atoms with van der Waals surface area (Å²) >= 11 is 0. The Morgan fingerprint density at radius 2 is 1.87 bits per heavy atom. The van der Waals surface area contributed by atoms with Crippen LogP contribution < -0.4 is 4.74 Å². The van der Waals surface area contributed by atoms with E-state index in [1.165, 1.54) is 5.56 Å². The van der Waals surface area contributed by atoms with Crippen LogP contribution >= 0.6 is 0 Å². The summed E-state index contributed by atoms with van der Waals surface area (Å²) in [6.07, 6.45) is 4.95. The third-order valence-corrected chi connectivity index (χ3v) is 7.36. The maximum atomic E-state index is 9.96. The maximum Gasteiger partial charge on any atom is 0.161 e. The number of fused-ring (bicyclic) bond motifs is 1. The van der Waals surface area contributed by atoms with Crippen molar-refractivity contribution in [2.75, 3.05) is 21.2 Å². The second-order valence-electron chi connectivity index (χ2n) is 10.6. The fraction of sp³-hybridized carbons (Fsp3) is 0.355. The maximum absolute atomic E-state index is 9.96. The molecular weight excluding hydrogens is 478 g/mol. The SMILES string of the molecule is COC1CC(Oc2ccc(-c3ccnc4cc(-c5ccc(CN(C)C)cc5)oc34)cc2C#N)CC2(CC2)O1. The average molecular weight is 510 g/mol. The summed E-state index contributed by atoms with van der Waals surface area (Å²) in [6, 6.07) is 20.3. The highest BCUT2D eigenvalue weighted by Crippen LogP contribution is 2.49. The van der Waals surface area contributed by atoms with E-state index in [1.54, 1.807) is 13.3 Å². The van der Waals surface area contributed by atoms with Gasteiger partial charge in [-0.25, -0.2) is 0 Å². The average Bonchev–Trinajstić information content (AvgIpc) is 3.50. The summed E-state index contributed by atoms with van der Waals surface area (Å²) in [7, 11) is 5.78. The van der Waals surface area contributed by atoms with E-state index >= 15 is 0 Å². The van der Waals surface area contributed by atoms with Crippen molar-refractivity contribution in [1.29, 1.82) is 5.26 Å². The molecule has 2 atom stereocenters. The van der Waals surface area contributed by atoms with Crippen molar-refractivity contribution < 1.29 is 18.6 Å². The molecule has 1 spiro atoms. The van der Waals surface area contributed by atoms with Crippen LogP contribution in [0.25, 0.3) is 33.6 Å². The minimum atomic E-state index is -0.275. The molecule has 2 fully saturated rings. The lowest BCUT2D eigenvalue weighted by molar-refractivity contribution is -0.210. The summed E-state index contributed by atoms with van der Waals surface area (Å²) in [5.41, 5.74) is 5.84. The number of benzene rings is 2. The predicted octanol–water partition coefficient (Wildman–Crippen LogP) is 6.16. The van der Waals surface area contributed by atoms with Gasteiger partial charge in [-0.05, 0) is 56.3 Å². The lowest BCUT2D eigenvalue weighted by Crippen LogP contribution is -2.40. The first-order valence-electron chi connectivity index (χ1n) is 13.0. The first-order chi connectivity index (χ1) is 18.4. The molecule has 2 unspecified atom stereocenters. The van der Waals surface area contributed by atoms with Crippen LogP contribution in [0.3, 0.4) is 0 Å². The molecule has 2 aliphatic rings. The van der Waals surface area contributed by atoms with E-state index in [4.69, 9.17) is 18.6 Å². The number of ether oxygens (including phenoxy) is 3. The quantitative estimate of drug-likeness (QED) is 0.295. The molecule has 0 bridgehead atoms. The van der Waals surface area contributed by atoms with E-state index in [2.05, 4.69) is 54.3 Å². The summed E-state index contributed by atoms with van der Waals surface area (Å²) in [5, 5.41) is 9.96. The largest absolute Gasteiger partial charge is 0.489 e. The monoisotopic (exact) mass is 509 g/mol. The van der Waals surface area contributed by atoms with E-state index in [0.717, 1.165) is 53.8 Å². The molecule has 0 radical (unpaired) electrons. The van der Waals surface area contributed by atoms with Gasteiger partial charge in [-0.1, -0.05) is 30.3 Å². The number of rotatable bonds is 7. The highest BCUT2D eigenvalue weighted by atomic mass is 16.7. The Hall–Kier alpha value is -3.70. The molecule has 4 aromatic rings. The number of pyridine rings is 1. The number of hydrogen-bond acceptors (Lipinski definition) is 7. The summed E-state index contributed by atoms with van der Waals surface area (Å²) < 4.78 is 24.2. The minimum absolute atomic E-state index is 0.0569. The fourth-order valence-electron chi connectivity index (χ4n) is 5.30. The Kier molecular flexibility index (Phi) is 6.40. The van der Waals surface area contributed by atoms with Crippen LogP contribution in [-0.4, -0.2) is 49.1 Å². The molecule has 1 aliphatic heterocycles. The third-order valence-electron chi connectivity index (χ3n) is 7.36. The molecule has 194 valence electrons. The molecule has 3 heterocycles. The summed E-state index contributed by atoms with van der Waals surface area (Å²) in [6.45, 7) is 0.884. The first kappa shape index (κ1) is 24.6. The molecule has 2 aromatic carbocycles. The van der Waals surface area contributed by atoms with Gasteiger partial charge in [0.15, 0.2) is 11.9 Å². The molecule has 2 aromatic heterocycles. The van der Waals surface area contributed by atoms with Crippen molar-refractivity contribution >= 4 is 11.1 Å². The van der Waals surface area contributed by atoms with E-state index in [0.29, 0.717) is 23.3 Å². The smallest absolute Gasteiger partial charge is 0.161 e. The van der Waals surface area contributed by atoms with Gasteiger partial charge in [0.1, 0.15) is 29.2 Å². The lowest BCUT2D eigenvalue weighted by Gasteiger charge is -2.35. The summed E-state index contributed by atoms with van der Waals surface area (Å²) in [4.78, 5) is 6.67. The molecule has 1 saturated heterocycles. The van der Waals surface area contributed by atoms with Gasteiger partial charge in [0, 0.05) is 49.9 Å². The van der Waals surface area contributed by atoms with Gasteiger partial charge in [-0.15, -0.1) is 0 Å². The van der Waals surface area contributed by atoms with Crippen molar-refractivity contribution in [2.24, 2.45) is 0 Å². The second-order valence-corrected chi connectivity index (χ2v) is 10.6. The van der Waals surface area contributed by atoms with Gasteiger partial charge in [0.2, 0.25) is 0 Å². The Morgan fingerprint density at radius 3 is 2.58 bits per heavy atom. The zero-order valence-corrected chi connectivity index (χ0v) is 21.9. The van der Waals surface area contributed by atoms with Crippen LogP contribution in [0, 0.1) is 11.3 Å². The van der Waals surface area contributed by atoms with Crippen molar-refractivity contribution in [3.63, 3.8) is 0 Å². The molecule has 0 N–H and O–H groups in total. The number of methoxy groups -OCH3 is 1. The van der Waals surface area contributed by atoms with Gasteiger partial charge in [-0.2, -0.15) is 5.26 Å². The van der Waals surface area contributed by atoms with Crippen molar-refractivity contribution in [1.82, 2.24) is 9.88 Å². The highest BCUT2D eigenvalue weighted by Gasteiger charge is 2.51. The van der Waals surface area contributed by atoms with Crippen LogP contribution in [-0.2, 0) is 16.0 Å². The van der Waals surface area contributed by atoms with Crippen LogP contribution in [0.4, 0.5) is 0 Å². The molecule has 7 heteroatoms. The summed E-state index contributed by atoms with van der Waals surface area (Å²) in [5.74, 6) is 1.34. The Morgan fingerprint density at radius 1 is 1.08 bits per heavy atom. The van der Waals surface area contributed by atoms with Crippen molar-refractivity contribution in [3.05, 3.63) is 71.9 Å². The van der Waals surface area contributed by atoms with Gasteiger partial charge in [-0.3, -0.25) is 4.98 Å². The minimum Gasteiger partial charge on any atom is -0.489 e. The zero-order valence-electron chi connectivity index (χ0n) is 21.9. The van der Waals surface area contributed by atoms with E-state index in [9.17, 15) is 5.26 Å². The number of nitriles is 1. The Labute approximate surface area is 222 Å². The Balaban J connectivity index is 1.27. The van der Waals surface area contributed by atoms with Crippen LogP contribution in [0.5, 0.6) is 5.75 Å². The first-order valence-corrected chi connectivity index (χ1v) is 13.0. The molecule has 0 amide bonds. The second kappa shape index (κ2) is 9.88. The number of aromatic nitrogens is 1. The van der Waals surface area contributed by atoms with E-state index in [1.807, 2.05) is 30.3 Å². The number of furan rings is 1. The molecule has 1 aliphatic carbocycles. The van der Waals surface area contributed by atoms with Gasteiger partial charge in [0.05, 0.1) is 11.2 Å².